The zero-order valence-corrected chi connectivity index (χ0v) is 12.6. The molecule has 116 valence electrons. The van der Waals surface area contributed by atoms with Crippen LogP contribution < -0.4 is 11.1 Å². The van der Waals surface area contributed by atoms with Gasteiger partial charge in [0.2, 0.25) is 5.91 Å². The van der Waals surface area contributed by atoms with Crippen molar-refractivity contribution in [3.63, 3.8) is 0 Å². The van der Waals surface area contributed by atoms with Gasteiger partial charge in [-0.1, -0.05) is 44.2 Å². The Morgan fingerprint density at radius 1 is 1.24 bits per heavy atom. The third kappa shape index (κ3) is 6.40. The second-order valence-electron chi connectivity index (χ2n) is 5.59. The van der Waals surface area contributed by atoms with Crippen molar-refractivity contribution in [1.29, 1.82) is 0 Å². The molecule has 2 atom stereocenters. The largest absolute Gasteiger partial charge is 0.480 e. The number of benzene rings is 1. The van der Waals surface area contributed by atoms with Crippen LogP contribution in [0.4, 0.5) is 0 Å². The first kappa shape index (κ1) is 17.2. The molecule has 0 aliphatic rings. The van der Waals surface area contributed by atoms with E-state index in [1.54, 1.807) is 0 Å². The average molecular weight is 292 g/mol. The van der Waals surface area contributed by atoms with Gasteiger partial charge in [0.1, 0.15) is 6.04 Å². The molecule has 5 nitrogen and oxygen atoms in total. The summed E-state index contributed by atoms with van der Waals surface area (Å²) in [4.78, 5) is 23.1. The summed E-state index contributed by atoms with van der Waals surface area (Å²) in [5.41, 5.74) is 6.88. The predicted octanol–water partition coefficient (Wildman–Crippen LogP) is 1.56. The molecule has 21 heavy (non-hydrogen) atoms. The number of carbonyl (C=O) groups excluding carboxylic acids is 1. The molecule has 0 radical (unpaired) electrons. The van der Waals surface area contributed by atoms with E-state index in [0.717, 1.165) is 5.56 Å². The number of rotatable bonds is 8. The average Bonchev–Trinajstić information content (AvgIpc) is 2.44. The maximum Gasteiger partial charge on any atom is 0.326 e. The van der Waals surface area contributed by atoms with Gasteiger partial charge in [-0.3, -0.25) is 4.79 Å². The van der Waals surface area contributed by atoms with Crippen LogP contribution in [0.1, 0.15) is 32.3 Å². The van der Waals surface area contributed by atoms with Gasteiger partial charge in [0.15, 0.2) is 0 Å². The highest BCUT2D eigenvalue weighted by atomic mass is 16.4. The number of hydrogen-bond donors (Lipinski definition) is 3. The van der Waals surface area contributed by atoms with E-state index < -0.39 is 12.0 Å². The number of carboxylic acids is 1. The topological polar surface area (TPSA) is 92.4 Å². The maximum atomic E-state index is 11.8. The summed E-state index contributed by atoms with van der Waals surface area (Å²) in [6, 6.07) is 8.47. The molecule has 0 saturated heterocycles. The minimum absolute atomic E-state index is 0.146. The van der Waals surface area contributed by atoms with Crippen LogP contribution in [0, 0.1) is 5.92 Å². The summed E-state index contributed by atoms with van der Waals surface area (Å²) in [5, 5.41) is 11.8. The molecule has 0 bridgehead atoms. The number of nitrogens with two attached hydrogens (primary N) is 1. The van der Waals surface area contributed by atoms with E-state index >= 15 is 0 Å². The highest BCUT2D eigenvalue weighted by Gasteiger charge is 2.21. The number of nitrogens with one attached hydrogen (secondary N) is 1. The molecule has 1 amide bonds. The van der Waals surface area contributed by atoms with E-state index in [0.29, 0.717) is 12.8 Å². The number of hydrogen-bond acceptors (Lipinski definition) is 3. The van der Waals surface area contributed by atoms with Crippen LogP contribution >= 0.6 is 0 Å². The van der Waals surface area contributed by atoms with Crippen LogP contribution in [-0.2, 0) is 16.0 Å². The van der Waals surface area contributed by atoms with Gasteiger partial charge >= 0.3 is 5.97 Å². The third-order valence-electron chi connectivity index (χ3n) is 3.48. The van der Waals surface area contributed by atoms with Crippen LogP contribution in [0.3, 0.4) is 0 Å². The Bertz CT molecular complexity index is 460. The lowest BCUT2D eigenvalue weighted by Gasteiger charge is -2.18. The number of carboxylic acid groups (broad SMARTS) is 1. The summed E-state index contributed by atoms with van der Waals surface area (Å²) >= 11 is 0. The van der Waals surface area contributed by atoms with Crippen molar-refractivity contribution in [3.05, 3.63) is 35.9 Å². The first-order valence-corrected chi connectivity index (χ1v) is 7.21. The van der Waals surface area contributed by atoms with E-state index in [1.807, 2.05) is 44.2 Å². The fourth-order valence-electron chi connectivity index (χ4n) is 1.92. The summed E-state index contributed by atoms with van der Waals surface area (Å²) in [6.45, 7) is 3.87. The Hall–Kier alpha value is -1.88. The van der Waals surface area contributed by atoms with Crippen LogP contribution in [0.15, 0.2) is 30.3 Å². The van der Waals surface area contributed by atoms with Gasteiger partial charge in [0, 0.05) is 12.5 Å². The zero-order valence-electron chi connectivity index (χ0n) is 12.6. The summed E-state index contributed by atoms with van der Waals surface area (Å²) in [5.74, 6) is -1.14. The Labute approximate surface area is 125 Å². The lowest BCUT2D eigenvalue weighted by molar-refractivity contribution is -0.142. The second-order valence-corrected chi connectivity index (χ2v) is 5.59. The summed E-state index contributed by atoms with van der Waals surface area (Å²) in [7, 11) is 0. The minimum atomic E-state index is -1.02. The van der Waals surface area contributed by atoms with Gasteiger partial charge < -0.3 is 16.2 Å². The molecule has 1 aromatic carbocycles. The van der Waals surface area contributed by atoms with E-state index in [1.165, 1.54) is 0 Å². The van der Waals surface area contributed by atoms with Crippen LogP contribution in [0.2, 0.25) is 0 Å². The first-order valence-electron chi connectivity index (χ1n) is 7.21. The highest BCUT2D eigenvalue weighted by molar-refractivity contribution is 5.83. The Morgan fingerprint density at radius 2 is 1.86 bits per heavy atom. The molecular weight excluding hydrogens is 268 g/mol. The standard InChI is InChI=1S/C16H24N2O3/c1-11(2)13(17)10-15(19)18-14(16(20)21)9-8-12-6-4-3-5-7-12/h3-7,11,13-14H,8-10,17H2,1-2H3,(H,18,19)(H,20,21). The predicted molar refractivity (Wildman–Crippen MR) is 81.8 cm³/mol. The van der Waals surface area contributed by atoms with E-state index in [9.17, 15) is 14.7 Å². The molecule has 1 rings (SSSR count). The van der Waals surface area contributed by atoms with Gasteiger partial charge in [0.05, 0.1) is 0 Å². The van der Waals surface area contributed by atoms with Crippen molar-refractivity contribution in [2.45, 2.75) is 45.2 Å². The molecule has 0 aliphatic carbocycles. The van der Waals surface area contributed by atoms with Crippen molar-refractivity contribution in [1.82, 2.24) is 5.32 Å². The van der Waals surface area contributed by atoms with Gasteiger partial charge in [-0.2, -0.15) is 0 Å². The number of aryl methyl sites for hydroxylation is 1. The molecule has 5 heteroatoms. The molecule has 2 unspecified atom stereocenters. The van der Waals surface area contributed by atoms with Gasteiger partial charge in [-0.25, -0.2) is 4.79 Å². The molecule has 0 aliphatic heterocycles. The molecular formula is C16H24N2O3. The quantitative estimate of drug-likeness (QED) is 0.678. The van der Waals surface area contributed by atoms with E-state index in [-0.39, 0.29) is 24.3 Å². The SMILES string of the molecule is CC(C)C(N)CC(=O)NC(CCc1ccccc1)C(=O)O. The fraction of sp³-hybridized carbons (Fsp3) is 0.500. The highest BCUT2D eigenvalue weighted by Crippen LogP contribution is 2.07. The van der Waals surface area contributed by atoms with Crippen molar-refractivity contribution < 1.29 is 14.7 Å². The van der Waals surface area contributed by atoms with E-state index in [2.05, 4.69) is 5.32 Å². The molecule has 4 N–H and O–H groups in total. The van der Waals surface area contributed by atoms with Crippen molar-refractivity contribution >= 4 is 11.9 Å². The Morgan fingerprint density at radius 3 is 2.38 bits per heavy atom. The summed E-state index contributed by atoms with van der Waals surface area (Å²) < 4.78 is 0. The number of aliphatic carboxylic acids is 1. The minimum Gasteiger partial charge on any atom is -0.480 e. The van der Waals surface area contributed by atoms with Crippen molar-refractivity contribution in [2.75, 3.05) is 0 Å². The van der Waals surface area contributed by atoms with Crippen LogP contribution in [-0.4, -0.2) is 29.1 Å². The van der Waals surface area contributed by atoms with Crippen LogP contribution in [0.5, 0.6) is 0 Å². The third-order valence-corrected chi connectivity index (χ3v) is 3.48. The lowest BCUT2D eigenvalue weighted by atomic mass is 10.0. The van der Waals surface area contributed by atoms with Crippen molar-refractivity contribution in [2.24, 2.45) is 11.7 Å². The Balaban J connectivity index is 2.50. The number of amides is 1. The maximum absolute atomic E-state index is 11.8. The molecule has 0 saturated carbocycles. The smallest absolute Gasteiger partial charge is 0.326 e. The molecule has 0 aromatic heterocycles. The fourth-order valence-corrected chi connectivity index (χ4v) is 1.92. The molecule has 0 fully saturated rings. The van der Waals surface area contributed by atoms with Gasteiger partial charge in [-0.05, 0) is 24.3 Å². The lowest BCUT2D eigenvalue weighted by Crippen LogP contribution is -2.43. The second kappa shape index (κ2) is 8.42. The van der Waals surface area contributed by atoms with Gasteiger partial charge in [-0.15, -0.1) is 0 Å². The van der Waals surface area contributed by atoms with Gasteiger partial charge in [0.25, 0.3) is 0 Å². The monoisotopic (exact) mass is 292 g/mol. The molecule has 0 spiro atoms. The molecule has 0 heterocycles. The zero-order chi connectivity index (χ0) is 15.8. The Kier molecular flexibility index (Phi) is 6.88. The normalized spacial score (nSPS) is 13.7. The van der Waals surface area contributed by atoms with E-state index in [4.69, 9.17) is 5.73 Å². The first-order chi connectivity index (χ1) is 9.90. The molecule has 1 aromatic rings. The summed E-state index contributed by atoms with van der Waals surface area (Å²) in [6.07, 6.45) is 1.11. The van der Waals surface area contributed by atoms with Crippen LogP contribution in [0.25, 0.3) is 0 Å². The van der Waals surface area contributed by atoms with Crippen molar-refractivity contribution in [3.8, 4) is 0 Å². The number of carbonyl (C=O) groups is 2.